The molecule has 0 amide bonds. The zero-order chi connectivity index (χ0) is 17.9. The minimum absolute atomic E-state index is 0. The van der Waals surface area contributed by atoms with Crippen LogP contribution in [0.1, 0.15) is 18.1 Å². The first-order valence-corrected chi connectivity index (χ1v) is 8.72. The van der Waals surface area contributed by atoms with Gasteiger partial charge in [0.05, 0.1) is 19.8 Å². The second-order valence-electron chi connectivity index (χ2n) is 5.50. The van der Waals surface area contributed by atoms with E-state index in [0.717, 1.165) is 22.3 Å². The molecule has 0 aliphatic heterocycles. The third-order valence-corrected chi connectivity index (χ3v) is 3.57. The zero-order valence-electron chi connectivity index (χ0n) is 15.2. The minimum Gasteiger partial charge on any atom is -1.00 e. The quantitative estimate of drug-likeness (QED) is 0.116. The molecule has 0 aliphatic rings. The van der Waals surface area contributed by atoms with Crippen LogP contribution < -0.4 is 35.4 Å². The van der Waals surface area contributed by atoms with Gasteiger partial charge in [0.2, 0.25) is 0 Å². The Morgan fingerprint density at radius 2 is 1.52 bits per heavy atom. The van der Waals surface area contributed by atoms with E-state index in [-0.39, 0.29) is 52.4 Å². The van der Waals surface area contributed by atoms with Crippen molar-refractivity contribution in [2.45, 2.75) is 13.5 Å². The average Bonchev–Trinajstić information content (AvgIpc) is 2.54. The SMILES string of the molecule is C/C(=N\N=C(\N)[S-])c1ccc(Br)cc1.C[NH+](C)Cc1ccccc1.[Au+3].[Cl-].[Cl-]. The fraction of sp³-hybridized carbons (Fsp3) is 0.222. The molecule has 152 valence electrons. The topological polar surface area (TPSA) is 55.2 Å². The largest absolute Gasteiger partial charge is 3.00 e. The van der Waals surface area contributed by atoms with Crippen LogP contribution >= 0.6 is 15.9 Å². The van der Waals surface area contributed by atoms with Gasteiger partial charge in [-0.25, -0.2) is 0 Å². The summed E-state index contributed by atoms with van der Waals surface area (Å²) in [5, 5.41) is 7.54. The third-order valence-electron chi connectivity index (χ3n) is 2.96. The second-order valence-corrected chi connectivity index (χ2v) is 6.83. The van der Waals surface area contributed by atoms with E-state index in [9.17, 15) is 0 Å². The summed E-state index contributed by atoms with van der Waals surface area (Å²) in [5.74, 6) is 0. The maximum absolute atomic E-state index is 5.19. The molecule has 0 aliphatic carbocycles. The number of nitrogens with two attached hydrogens (primary N) is 1. The van der Waals surface area contributed by atoms with Crippen molar-refractivity contribution in [3.05, 3.63) is 70.2 Å². The Bertz CT molecular complexity index is 680. The monoisotopic (exact) mass is 673 g/mol. The average molecular weight is 675 g/mol. The van der Waals surface area contributed by atoms with Gasteiger partial charge in [0, 0.05) is 10.0 Å². The van der Waals surface area contributed by atoms with Crippen LogP contribution in [-0.4, -0.2) is 25.0 Å². The van der Waals surface area contributed by atoms with Crippen LogP contribution in [0.4, 0.5) is 0 Å². The summed E-state index contributed by atoms with van der Waals surface area (Å²) in [4.78, 5) is 1.46. The maximum Gasteiger partial charge on any atom is 3.00 e. The van der Waals surface area contributed by atoms with E-state index < -0.39 is 0 Å². The number of quaternary nitrogens is 1. The fourth-order valence-electron chi connectivity index (χ4n) is 1.88. The zero-order valence-corrected chi connectivity index (χ0v) is 21.3. The summed E-state index contributed by atoms with van der Waals surface area (Å²) in [6, 6.07) is 18.3. The molecule has 0 heterocycles. The van der Waals surface area contributed by atoms with Gasteiger partial charge in [-0.05, 0) is 29.8 Å². The van der Waals surface area contributed by atoms with Crippen LogP contribution in [0.3, 0.4) is 0 Å². The first-order chi connectivity index (χ1) is 11.4. The Kier molecular flexibility index (Phi) is 20.4. The van der Waals surface area contributed by atoms with Crippen LogP contribution in [-0.2, 0) is 41.6 Å². The number of halogens is 3. The number of nitrogens with zero attached hydrogens (tertiary/aromatic N) is 2. The van der Waals surface area contributed by atoms with Crippen molar-refractivity contribution in [2.75, 3.05) is 14.1 Å². The normalized spacial score (nSPS) is 10.6. The maximum atomic E-state index is 5.19. The predicted molar refractivity (Wildman–Crippen MR) is 108 cm³/mol. The molecular weight excluding hydrogens is 652 g/mol. The fourth-order valence-corrected chi connectivity index (χ4v) is 2.18. The Labute approximate surface area is 204 Å². The number of benzene rings is 2. The van der Waals surface area contributed by atoms with Gasteiger partial charge in [-0.1, -0.05) is 58.4 Å². The van der Waals surface area contributed by atoms with E-state index in [0.29, 0.717) is 0 Å². The number of rotatable bonds is 4. The molecule has 0 saturated carbocycles. The Morgan fingerprint density at radius 1 is 1.00 bits per heavy atom. The summed E-state index contributed by atoms with van der Waals surface area (Å²) in [7, 11) is 4.32. The molecule has 0 fully saturated rings. The van der Waals surface area contributed by atoms with Crippen molar-refractivity contribution >= 4 is 39.4 Å². The van der Waals surface area contributed by atoms with Crippen molar-refractivity contribution in [3.63, 3.8) is 0 Å². The van der Waals surface area contributed by atoms with Gasteiger partial charge < -0.3 is 48.1 Å². The van der Waals surface area contributed by atoms with Gasteiger partial charge in [0.1, 0.15) is 6.54 Å². The van der Waals surface area contributed by atoms with E-state index in [1.807, 2.05) is 31.2 Å². The standard InChI is InChI=1S/C9H10BrN3S.C9H13N.Au.2ClH/c1-6(12-13-9(11)14)7-2-4-8(10)5-3-7;1-10(2)8-9-6-4-3-5-7-9;;;/h2-5H,1H3,(H3,11,13,14);3-7H,8H2,1-2H3;;2*1H/q;;+3;;/p-2/b12-6+;;;;. The number of amidine groups is 1. The number of hydrogen-bond donors (Lipinski definition) is 2. The van der Waals surface area contributed by atoms with Gasteiger partial charge in [-0.15, -0.1) is 0 Å². The molecule has 2 aromatic carbocycles. The molecule has 0 atom stereocenters. The van der Waals surface area contributed by atoms with E-state index >= 15 is 0 Å². The number of hydrogen-bond acceptors (Lipinski definition) is 3. The van der Waals surface area contributed by atoms with Crippen LogP contribution in [0.15, 0.2) is 69.3 Å². The Morgan fingerprint density at radius 3 is 1.96 bits per heavy atom. The number of nitrogens with one attached hydrogen (secondary N) is 1. The van der Waals surface area contributed by atoms with Crippen molar-refractivity contribution in [1.82, 2.24) is 0 Å². The van der Waals surface area contributed by atoms with Gasteiger partial charge in [0.25, 0.3) is 0 Å². The first kappa shape index (κ1) is 31.3. The molecule has 0 bridgehead atoms. The molecular formula is C18H23AuBrCl2N4S+. The van der Waals surface area contributed by atoms with Gasteiger partial charge in [-0.3, -0.25) is 0 Å². The molecule has 2 aromatic rings. The van der Waals surface area contributed by atoms with Crippen LogP contribution in [0, 0.1) is 0 Å². The van der Waals surface area contributed by atoms with Crippen LogP contribution in [0.5, 0.6) is 0 Å². The molecule has 0 spiro atoms. The van der Waals surface area contributed by atoms with Crippen molar-refractivity contribution < 1.29 is 52.1 Å². The summed E-state index contributed by atoms with van der Waals surface area (Å²) in [6.07, 6.45) is 0. The van der Waals surface area contributed by atoms with Crippen LogP contribution in [0.25, 0.3) is 0 Å². The smallest absolute Gasteiger partial charge is 1.00 e. The minimum atomic E-state index is 0. The summed E-state index contributed by atoms with van der Waals surface area (Å²) in [5.41, 5.74) is 8.37. The van der Waals surface area contributed by atoms with Gasteiger partial charge >= 0.3 is 22.4 Å². The second kappa shape index (κ2) is 17.6. The Balaban J connectivity index is -0.000000400. The molecule has 4 nitrogen and oxygen atoms in total. The third kappa shape index (κ3) is 15.2. The van der Waals surface area contributed by atoms with Gasteiger partial charge in [0.15, 0.2) is 0 Å². The van der Waals surface area contributed by atoms with Crippen LogP contribution in [0.2, 0.25) is 0 Å². The summed E-state index contributed by atoms with van der Waals surface area (Å²) >= 11 is 7.93. The Hall–Kier alpha value is -0.440. The van der Waals surface area contributed by atoms with Crippen molar-refractivity contribution in [1.29, 1.82) is 0 Å². The molecule has 0 saturated heterocycles. The molecule has 0 unspecified atom stereocenters. The van der Waals surface area contributed by atoms with E-state index in [1.54, 1.807) is 0 Å². The molecule has 3 N–H and O–H groups in total. The molecule has 9 heteroatoms. The van der Waals surface area contributed by atoms with Crippen molar-refractivity contribution in [2.24, 2.45) is 15.9 Å². The van der Waals surface area contributed by atoms with Gasteiger partial charge in [-0.2, -0.15) is 10.2 Å². The molecule has 2 rings (SSSR count). The molecule has 0 radical (unpaired) electrons. The summed E-state index contributed by atoms with van der Waals surface area (Å²) < 4.78 is 1.03. The molecule has 27 heavy (non-hydrogen) atoms. The van der Waals surface area contributed by atoms with Crippen molar-refractivity contribution in [3.8, 4) is 0 Å². The first-order valence-electron chi connectivity index (χ1n) is 7.52. The van der Waals surface area contributed by atoms with E-state index in [1.165, 1.54) is 10.5 Å². The predicted octanol–water partition coefficient (Wildman–Crippen LogP) is -3.63. The van der Waals surface area contributed by atoms with E-state index in [4.69, 9.17) is 5.73 Å². The molecule has 0 aromatic heterocycles. The summed E-state index contributed by atoms with van der Waals surface area (Å²) in [6.45, 7) is 2.96. The van der Waals surface area contributed by atoms with E-state index in [2.05, 4.69) is 83.2 Å².